The Morgan fingerprint density at radius 3 is 2.07 bits per heavy atom. The lowest BCUT2D eigenvalue weighted by atomic mass is 9.84. The summed E-state index contributed by atoms with van der Waals surface area (Å²) in [5.74, 6) is -0.845. The van der Waals surface area contributed by atoms with Gasteiger partial charge in [0, 0.05) is 34.0 Å². The highest BCUT2D eigenvalue weighted by Crippen LogP contribution is 2.29. The molecule has 3 N–H and O–H groups in total. The molecule has 2 amide bonds. The van der Waals surface area contributed by atoms with Crippen LogP contribution in [-0.4, -0.2) is 49.1 Å². The van der Waals surface area contributed by atoms with Gasteiger partial charge in [-0.2, -0.15) is 0 Å². The van der Waals surface area contributed by atoms with Crippen LogP contribution >= 0.6 is 0 Å². The van der Waals surface area contributed by atoms with Crippen molar-refractivity contribution in [3.8, 4) is 0 Å². The van der Waals surface area contributed by atoms with Crippen molar-refractivity contribution in [1.29, 1.82) is 0 Å². The van der Waals surface area contributed by atoms with Gasteiger partial charge in [0.1, 0.15) is 0 Å². The van der Waals surface area contributed by atoms with Crippen LogP contribution in [0, 0.1) is 0 Å². The maximum absolute atomic E-state index is 12.8. The number of nitrogens with one attached hydrogen (secondary N) is 3. The Labute approximate surface area is 175 Å². The molecular formula is C23H26N3O4+. The highest BCUT2D eigenvalue weighted by molar-refractivity contribution is 6.28. The summed E-state index contributed by atoms with van der Waals surface area (Å²) in [7, 11) is 1.77. The van der Waals surface area contributed by atoms with Crippen LogP contribution in [0.4, 0.5) is 5.69 Å². The smallest absolute Gasteiger partial charge is 0.282 e. The second-order valence-corrected chi connectivity index (χ2v) is 7.92. The largest absolute Gasteiger partial charge is 0.349 e. The first kappa shape index (κ1) is 21.4. The Morgan fingerprint density at radius 1 is 0.900 bits per heavy atom. The van der Waals surface area contributed by atoms with E-state index < -0.39 is 6.04 Å². The summed E-state index contributed by atoms with van der Waals surface area (Å²) in [5.41, 5.74) is 1.81. The summed E-state index contributed by atoms with van der Waals surface area (Å²) >= 11 is 0. The molecule has 3 rings (SSSR count). The number of ketones is 2. The number of anilines is 1. The van der Waals surface area contributed by atoms with Gasteiger partial charge in [0.2, 0.25) is 0 Å². The Hall–Kier alpha value is -3.32. The van der Waals surface area contributed by atoms with Gasteiger partial charge in [0.15, 0.2) is 24.2 Å². The van der Waals surface area contributed by atoms with Gasteiger partial charge in [-0.05, 0) is 39.0 Å². The lowest BCUT2D eigenvalue weighted by Crippen LogP contribution is -3.15. The Morgan fingerprint density at radius 2 is 1.47 bits per heavy atom. The van der Waals surface area contributed by atoms with E-state index in [-0.39, 0.29) is 41.5 Å². The molecule has 0 saturated carbocycles. The van der Waals surface area contributed by atoms with Gasteiger partial charge in [-0.3, -0.25) is 19.2 Å². The maximum atomic E-state index is 12.8. The van der Waals surface area contributed by atoms with E-state index in [1.807, 2.05) is 13.8 Å². The van der Waals surface area contributed by atoms with E-state index in [0.29, 0.717) is 22.4 Å². The van der Waals surface area contributed by atoms with E-state index in [2.05, 4.69) is 10.6 Å². The minimum absolute atomic E-state index is 0.0373. The van der Waals surface area contributed by atoms with E-state index in [0.717, 1.165) is 4.90 Å². The third-order valence-electron chi connectivity index (χ3n) is 5.21. The molecule has 0 radical (unpaired) electrons. The van der Waals surface area contributed by atoms with Gasteiger partial charge in [-0.1, -0.05) is 24.3 Å². The molecule has 0 aromatic heterocycles. The zero-order chi connectivity index (χ0) is 22.0. The molecule has 1 aliphatic carbocycles. The SMILES string of the molecule is CC(C)NC(=O)C[NH+](C)[C@H](C)C(=O)Nc1ccc2c(c1)C(=O)c1ccccc1C2=O. The molecule has 7 heteroatoms. The topological polar surface area (TPSA) is 96.8 Å². The first-order chi connectivity index (χ1) is 14.2. The van der Waals surface area contributed by atoms with Crippen molar-refractivity contribution in [2.75, 3.05) is 18.9 Å². The number of hydrogen-bond donors (Lipinski definition) is 3. The Balaban J connectivity index is 1.74. The summed E-state index contributed by atoms with van der Waals surface area (Å²) in [6.07, 6.45) is 0. The van der Waals surface area contributed by atoms with Gasteiger partial charge < -0.3 is 15.5 Å². The van der Waals surface area contributed by atoms with Gasteiger partial charge in [0.25, 0.3) is 11.8 Å². The lowest BCUT2D eigenvalue weighted by molar-refractivity contribution is -0.885. The highest BCUT2D eigenvalue weighted by Gasteiger charge is 2.30. The maximum Gasteiger partial charge on any atom is 0.282 e. The predicted octanol–water partition coefficient (Wildman–Crippen LogP) is 0.828. The molecule has 2 aromatic carbocycles. The number of quaternary nitrogens is 1. The number of benzene rings is 2. The summed E-state index contributed by atoms with van der Waals surface area (Å²) in [4.78, 5) is 50.9. The van der Waals surface area contributed by atoms with Crippen molar-refractivity contribution in [2.24, 2.45) is 0 Å². The summed E-state index contributed by atoms with van der Waals surface area (Å²) in [5, 5.41) is 5.60. The Bertz CT molecular complexity index is 1030. The third kappa shape index (κ3) is 4.31. The molecule has 1 aliphatic rings. The van der Waals surface area contributed by atoms with Gasteiger partial charge in [-0.15, -0.1) is 0 Å². The van der Waals surface area contributed by atoms with Gasteiger partial charge in [0.05, 0.1) is 7.05 Å². The van der Waals surface area contributed by atoms with Crippen LogP contribution in [0.5, 0.6) is 0 Å². The van der Waals surface area contributed by atoms with Crippen LogP contribution in [0.25, 0.3) is 0 Å². The predicted molar refractivity (Wildman–Crippen MR) is 113 cm³/mol. The number of fused-ring (bicyclic) bond motifs is 2. The second-order valence-electron chi connectivity index (χ2n) is 7.92. The number of rotatable bonds is 6. The molecule has 1 unspecified atom stereocenters. The molecule has 0 fully saturated rings. The zero-order valence-electron chi connectivity index (χ0n) is 17.5. The number of hydrogen-bond acceptors (Lipinski definition) is 4. The lowest BCUT2D eigenvalue weighted by Gasteiger charge is -2.22. The standard InChI is InChI=1S/C23H25N3O4/c1-13(2)24-20(27)12-26(4)14(3)23(30)25-15-9-10-18-19(11-15)22(29)17-8-6-5-7-16(17)21(18)28/h5-11,13-14H,12H2,1-4H3,(H,24,27)(H,25,30)/p+1/t14-/m1/s1. The molecule has 0 aliphatic heterocycles. The second kappa shape index (κ2) is 8.59. The van der Waals surface area contributed by atoms with E-state index >= 15 is 0 Å². The molecule has 0 heterocycles. The fourth-order valence-electron chi connectivity index (χ4n) is 3.43. The monoisotopic (exact) mass is 408 g/mol. The summed E-state index contributed by atoms with van der Waals surface area (Å²) < 4.78 is 0. The summed E-state index contributed by atoms with van der Waals surface area (Å²) in [6, 6.07) is 11.0. The molecule has 30 heavy (non-hydrogen) atoms. The van der Waals surface area contributed by atoms with Crippen molar-refractivity contribution in [3.63, 3.8) is 0 Å². The summed E-state index contributed by atoms with van der Waals surface area (Å²) in [6.45, 7) is 5.66. The number of carbonyl (C=O) groups excluding carboxylic acids is 4. The normalized spacial score (nSPS) is 14.6. The fourth-order valence-corrected chi connectivity index (χ4v) is 3.43. The first-order valence-electron chi connectivity index (χ1n) is 9.94. The van der Waals surface area contributed by atoms with Crippen molar-refractivity contribution in [3.05, 3.63) is 64.7 Å². The molecule has 7 nitrogen and oxygen atoms in total. The van der Waals surface area contributed by atoms with E-state index in [9.17, 15) is 19.2 Å². The van der Waals surface area contributed by atoms with Crippen molar-refractivity contribution < 1.29 is 24.1 Å². The van der Waals surface area contributed by atoms with E-state index in [4.69, 9.17) is 0 Å². The number of carbonyl (C=O) groups is 4. The number of likely N-dealkylation sites (N-methyl/N-ethyl adjacent to an activating group) is 1. The highest BCUT2D eigenvalue weighted by atomic mass is 16.2. The molecule has 2 aromatic rings. The molecular weight excluding hydrogens is 382 g/mol. The molecule has 2 atom stereocenters. The van der Waals surface area contributed by atoms with E-state index in [1.165, 1.54) is 6.07 Å². The molecule has 0 spiro atoms. The number of amides is 2. The van der Waals surface area contributed by atoms with Crippen LogP contribution in [0.15, 0.2) is 42.5 Å². The molecule has 156 valence electrons. The zero-order valence-corrected chi connectivity index (χ0v) is 17.5. The van der Waals surface area contributed by atoms with Crippen molar-refractivity contribution in [1.82, 2.24) is 5.32 Å². The van der Waals surface area contributed by atoms with Crippen molar-refractivity contribution in [2.45, 2.75) is 32.9 Å². The van der Waals surface area contributed by atoms with Gasteiger partial charge >= 0.3 is 0 Å². The third-order valence-corrected chi connectivity index (χ3v) is 5.21. The van der Waals surface area contributed by atoms with Crippen LogP contribution < -0.4 is 15.5 Å². The van der Waals surface area contributed by atoms with Crippen molar-refractivity contribution >= 4 is 29.1 Å². The molecule has 0 saturated heterocycles. The van der Waals surface area contributed by atoms with Crippen LogP contribution in [0.1, 0.15) is 52.6 Å². The van der Waals surface area contributed by atoms with E-state index in [1.54, 1.807) is 50.4 Å². The quantitative estimate of drug-likeness (QED) is 0.563. The van der Waals surface area contributed by atoms with Crippen LogP contribution in [0.2, 0.25) is 0 Å². The fraction of sp³-hybridized carbons (Fsp3) is 0.304. The van der Waals surface area contributed by atoms with Crippen LogP contribution in [0.3, 0.4) is 0 Å². The Kier molecular flexibility index (Phi) is 6.12. The van der Waals surface area contributed by atoms with Gasteiger partial charge in [-0.25, -0.2) is 0 Å². The minimum Gasteiger partial charge on any atom is -0.349 e. The molecule has 0 bridgehead atoms. The van der Waals surface area contributed by atoms with Crippen LogP contribution in [-0.2, 0) is 9.59 Å². The average molecular weight is 408 g/mol. The first-order valence-corrected chi connectivity index (χ1v) is 9.94. The average Bonchev–Trinajstić information content (AvgIpc) is 2.70. The minimum atomic E-state index is -0.489.